The third-order valence-electron chi connectivity index (χ3n) is 5.14. The largest absolute Gasteiger partial charge is 0.348 e. The van der Waals surface area contributed by atoms with E-state index in [-0.39, 0.29) is 5.91 Å². The molecule has 0 spiro atoms. The van der Waals surface area contributed by atoms with Crippen LogP contribution in [0.25, 0.3) is 0 Å². The van der Waals surface area contributed by atoms with Crippen molar-refractivity contribution in [3.8, 4) is 0 Å². The lowest BCUT2D eigenvalue weighted by Gasteiger charge is -2.18. The molecule has 0 heterocycles. The van der Waals surface area contributed by atoms with Crippen LogP contribution in [0.15, 0.2) is 42.5 Å². The van der Waals surface area contributed by atoms with E-state index in [4.69, 9.17) is 0 Å². The van der Waals surface area contributed by atoms with Crippen LogP contribution in [-0.2, 0) is 25.9 Å². The molecule has 0 unspecified atom stereocenters. The van der Waals surface area contributed by atoms with Gasteiger partial charge in [0.2, 0.25) is 0 Å². The number of aryl methyl sites for hydroxylation is 2. The first-order chi connectivity index (χ1) is 12.2. The van der Waals surface area contributed by atoms with Crippen LogP contribution < -0.4 is 5.32 Å². The first kappa shape index (κ1) is 17.7. The Morgan fingerprint density at radius 1 is 0.960 bits per heavy atom. The Labute approximate surface area is 151 Å². The summed E-state index contributed by atoms with van der Waals surface area (Å²) in [6.07, 6.45) is 3.46. The highest BCUT2D eigenvalue weighted by atomic mass is 16.1. The molecule has 2 aromatic rings. The van der Waals surface area contributed by atoms with Gasteiger partial charge in [-0.3, -0.25) is 9.69 Å². The van der Waals surface area contributed by atoms with Gasteiger partial charge in [-0.15, -0.1) is 0 Å². The summed E-state index contributed by atoms with van der Waals surface area (Å²) in [6, 6.07) is 14.7. The van der Waals surface area contributed by atoms with E-state index < -0.39 is 0 Å². The Hall–Kier alpha value is -2.13. The van der Waals surface area contributed by atoms with Gasteiger partial charge in [0.15, 0.2) is 0 Å². The lowest BCUT2D eigenvalue weighted by atomic mass is 10.1. The van der Waals surface area contributed by atoms with Crippen molar-refractivity contribution in [2.45, 2.75) is 46.2 Å². The van der Waals surface area contributed by atoms with E-state index in [1.165, 1.54) is 23.1 Å². The third kappa shape index (κ3) is 4.49. The smallest absolute Gasteiger partial charge is 0.251 e. The van der Waals surface area contributed by atoms with E-state index >= 15 is 0 Å². The first-order valence-electron chi connectivity index (χ1n) is 9.39. The molecule has 3 nitrogen and oxygen atoms in total. The average molecular weight is 336 g/mol. The van der Waals surface area contributed by atoms with Crippen molar-refractivity contribution in [1.29, 1.82) is 0 Å². The SMILES string of the molecule is CCN(CC)Cc1ccc(CNC(=O)c2ccc3c(c2)CCC3)cc1. The van der Waals surface area contributed by atoms with Crippen molar-refractivity contribution in [1.82, 2.24) is 10.2 Å². The van der Waals surface area contributed by atoms with E-state index in [2.05, 4.69) is 60.5 Å². The summed E-state index contributed by atoms with van der Waals surface area (Å²) >= 11 is 0. The molecule has 3 heteroatoms. The molecule has 0 radical (unpaired) electrons. The fourth-order valence-electron chi connectivity index (χ4n) is 3.47. The number of hydrogen-bond acceptors (Lipinski definition) is 2. The summed E-state index contributed by atoms with van der Waals surface area (Å²) in [5, 5.41) is 3.04. The molecule has 3 rings (SSSR count). The molecule has 0 saturated heterocycles. The number of nitrogens with zero attached hydrogens (tertiary/aromatic N) is 1. The fourth-order valence-corrected chi connectivity index (χ4v) is 3.47. The minimum absolute atomic E-state index is 0.0157. The molecule has 2 aromatic carbocycles. The van der Waals surface area contributed by atoms with Crippen LogP contribution in [0, 0.1) is 0 Å². The minimum atomic E-state index is 0.0157. The van der Waals surface area contributed by atoms with E-state index in [9.17, 15) is 4.79 Å². The minimum Gasteiger partial charge on any atom is -0.348 e. The van der Waals surface area contributed by atoms with E-state index in [1.54, 1.807) is 0 Å². The van der Waals surface area contributed by atoms with Crippen LogP contribution in [0.5, 0.6) is 0 Å². The van der Waals surface area contributed by atoms with Crippen LogP contribution in [0.3, 0.4) is 0 Å². The molecule has 0 aromatic heterocycles. The highest BCUT2D eigenvalue weighted by Gasteiger charge is 2.13. The molecule has 0 fully saturated rings. The van der Waals surface area contributed by atoms with Crippen molar-refractivity contribution in [3.63, 3.8) is 0 Å². The Kier molecular flexibility index (Phi) is 5.87. The Morgan fingerprint density at radius 3 is 2.36 bits per heavy atom. The fraction of sp³-hybridized carbons (Fsp3) is 0.409. The van der Waals surface area contributed by atoms with Crippen molar-refractivity contribution < 1.29 is 4.79 Å². The maximum Gasteiger partial charge on any atom is 0.251 e. The molecule has 0 saturated carbocycles. The number of hydrogen-bond donors (Lipinski definition) is 1. The molecule has 0 aliphatic heterocycles. The maximum atomic E-state index is 12.4. The van der Waals surface area contributed by atoms with Crippen LogP contribution >= 0.6 is 0 Å². The summed E-state index contributed by atoms with van der Waals surface area (Å²) in [7, 11) is 0. The quantitative estimate of drug-likeness (QED) is 0.830. The summed E-state index contributed by atoms with van der Waals surface area (Å²) in [6.45, 7) is 8.05. The number of carbonyl (C=O) groups excluding carboxylic acids is 1. The van der Waals surface area contributed by atoms with Gasteiger partial charge in [-0.05, 0) is 66.7 Å². The zero-order chi connectivity index (χ0) is 17.6. The summed E-state index contributed by atoms with van der Waals surface area (Å²) in [4.78, 5) is 14.8. The van der Waals surface area contributed by atoms with Crippen molar-refractivity contribution in [2.24, 2.45) is 0 Å². The van der Waals surface area contributed by atoms with Gasteiger partial charge in [-0.2, -0.15) is 0 Å². The predicted molar refractivity (Wildman–Crippen MR) is 103 cm³/mol. The van der Waals surface area contributed by atoms with Gasteiger partial charge < -0.3 is 5.32 Å². The summed E-state index contributed by atoms with van der Waals surface area (Å²) < 4.78 is 0. The molecular weight excluding hydrogens is 308 g/mol. The first-order valence-corrected chi connectivity index (χ1v) is 9.39. The zero-order valence-corrected chi connectivity index (χ0v) is 15.3. The molecule has 132 valence electrons. The lowest BCUT2D eigenvalue weighted by Crippen LogP contribution is -2.23. The Bertz CT molecular complexity index is 717. The van der Waals surface area contributed by atoms with Crippen LogP contribution in [0.4, 0.5) is 0 Å². The third-order valence-corrected chi connectivity index (χ3v) is 5.14. The normalized spacial score (nSPS) is 13.1. The number of amides is 1. The molecular formula is C22H28N2O. The monoisotopic (exact) mass is 336 g/mol. The van der Waals surface area contributed by atoms with Gasteiger partial charge in [0.25, 0.3) is 5.91 Å². The molecule has 1 aliphatic rings. The summed E-state index contributed by atoms with van der Waals surface area (Å²) in [5.41, 5.74) is 5.97. The van der Waals surface area contributed by atoms with Gasteiger partial charge in [-0.25, -0.2) is 0 Å². The highest BCUT2D eigenvalue weighted by molar-refractivity contribution is 5.94. The topological polar surface area (TPSA) is 32.3 Å². The lowest BCUT2D eigenvalue weighted by molar-refractivity contribution is 0.0951. The second-order valence-corrected chi connectivity index (χ2v) is 6.80. The van der Waals surface area contributed by atoms with Gasteiger partial charge in [0, 0.05) is 18.7 Å². The zero-order valence-electron chi connectivity index (χ0n) is 15.3. The van der Waals surface area contributed by atoms with Gasteiger partial charge >= 0.3 is 0 Å². The number of rotatable bonds is 7. The van der Waals surface area contributed by atoms with Crippen LogP contribution in [-0.4, -0.2) is 23.9 Å². The summed E-state index contributed by atoms with van der Waals surface area (Å²) in [5.74, 6) is 0.0157. The molecule has 1 amide bonds. The molecule has 1 aliphatic carbocycles. The van der Waals surface area contributed by atoms with Gasteiger partial charge in [0.1, 0.15) is 0 Å². The van der Waals surface area contributed by atoms with Crippen molar-refractivity contribution >= 4 is 5.91 Å². The molecule has 0 atom stereocenters. The average Bonchev–Trinajstić information content (AvgIpc) is 3.12. The number of fused-ring (bicyclic) bond motifs is 1. The second kappa shape index (κ2) is 8.30. The maximum absolute atomic E-state index is 12.4. The second-order valence-electron chi connectivity index (χ2n) is 6.80. The van der Waals surface area contributed by atoms with Gasteiger partial charge in [0.05, 0.1) is 0 Å². The number of carbonyl (C=O) groups is 1. The molecule has 25 heavy (non-hydrogen) atoms. The van der Waals surface area contributed by atoms with Crippen molar-refractivity contribution in [2.75, 3.05) is 13.1 Å². The molecule has 0 bridgehead atoms. The number of nitrogens with one attached hydrogen (secondary N) is 1. The predicted octanol–water partition coefficient (Wildman–Crippen LogP) is 3.95. The van der Waals surface area contributed by atoms with Crippen LogP contribution in [0.1, 0.15) is 52.9 Å². The Morgan fingerprint density at radius 2 is 1.64 bits per heavy atom. The van der Waals surface area contributed by atoms with Gasteiger partial charge in [-0.1, -0.05) is 44.2 Å². The standard InChI is InChI=1S/C22H28N2O/c1-3-24(4-2)16-18-10-8-17(9-11-18)15-23-22(25)21-13-12-19-6-5-7-20(19)14-21/h8-14H,3-7,15-16H2,1-2H3,(H,23,25). The number of benzene rings is 2. The highest BCUT2D eigenvalue weighted by Crippen LogP contribution is 2.22. The molecule has 1 N–H and O–H groups in total. The van der Waals surface area contributed by atoms with E-state index in [0.29, 0.717) is 6.54 Å². The van der Waals surface area contributed by atoms with Crippen LogP contribution in [0.2, 0.25) is 0 Å². The van der Waals surface area contributed by atoms with E-state index in [0.717, 1.165) is 43.6 Å². The Balaban J connectivity index is 1.55. The van der Waals surface area contributed by atoms with Crippen molar-refractivity contribution in [3.05, 3.63) is 70.3 Å². The van der Waals surface area contributed by atoms with E-state index in [1.807, 2.05) is 6.07 Å².